The van der Waals surface area contributed by atoms with Crippen molar-refractivity contribution in [3.05, 3.63) is 48.3 Å². The minimum Gasteiger partial charge on any atom is -0.490 e. The van der Waals surface area contributed by atoms with Gasteiger partial charge in [-0.1, -0.05) is 0 Å². The van der Waals surface area contributed by atoms with Crippen molar-refractivity contribution < 1.29 is 32.2 Å². The second kappa shape index (κ2) is 9.65. The van der Waals surface area contributed by atoms with Crippen LogP contribution < -0.4 is 14.4 Å². The Morgan fingerprint density at radius 1 is 1.03 bits per heavy atom. The fraction of sp³-hybridized carbons (Fsp3) is 0.409. The number of hydrogen-bond acceptors (Lipinski definition) is 6. The van der Waals surface area contributed by atoms with Gasteiger partial charge >= 0.3 is 12.4 Å². The smallest absolute Gasteiger partial charge is 0.490 e. The third kappa shape index (κ3) is 5.72. The summed E-state index contributed by atoms with van der Waals surface area (Å²) in [5, 5.41) is 0. The number of urea groups is 1. The number of pyridine rings is 1. The zero-order valence-corrected chi connectivity index (χ0v) is 17.8. The first-order valence-corrected chi connectivity index (χ1v) is 10.6. The predicted octanol–water partition coefficient (Wildman–Crippen LogP) is 3.42. The first-order valence-electron chi connectivity index (χ1n) is 10.6. The number of carbonyl (C=O) groups is 2. The van der Waals surface area contributed by atoms with E-state index in [1.807, 2.05) is 0 Å². The Balaban J connectivity index is 1.40. The average molecular weight is 464 g/mol. The molecule has 0 saturated carbocycles. The topological polar surface area (TPSA) is 75.2 Å². The maximum absolute atomic E-state index is 12.9. The number of alkyl halides is 3. The van der Waals surface area contributed by atoms with Crippen molar-refractivity contribution in [2.24, 2.45) is 0 Å². The lowest BCUT2D eigenvalue weighted by molar-refractivity contribution is -0.274. The van der Waals surface area contributed by atoms with Crippen LogP contribution >= 0.6 is 0 Å². The standard InChI is InChI=1S/C22H23F3N4O4/c23-22(24,25)33-18-5-3-17(4-6-18)29-20(30)15-28(21(29)31)14-16-7-8-26-13-19(16)32-12-11-27-9-1-2-10-27/h3-8,13H,1-2,9-12,14-15H2. The Morgan fingerprint density at radius 3 is 2.45 bits per heavy atom. The summed E-state index contributed by atoms with van der Waals surface area (Å²) in [7, 11) is 0. The fourth-order valence-corrected chi connectivity index (χ4v) is 3.89. The van der Waals surface area contributed by atoms with Crippen molar-refractivity contribution in [1.29, 1.82) is 0 Å². The molecule has 0 aliphatic carbocycles. The number of imide groups is 1. The van der Waals surface area contributed by atoms with Gasteiger partial charge in [-0.15, -0.1) is 13.2 Å². The quantitative estimate of drug-likeness (QED) is 0.558. The summed E-state index contributed by atoms with van der Waals surface area (Å²) in [5.41, 5.74) is 0.877. The van der Waals surface area contributed by atoms with E-state index in [0.29, 0.717) is 17.9 Å². The molecule has 2 aliphatic rings. The van der Waals surface area contributed by atoms with Crippen LogP contribution in [0.25, 0.3) is 0 Å². The van der Waals surface area contributed by atoms with Crippen LogP contribution in [-0.2, 0) is 11.3 Å². The van der Waals surface area contributed by atoms with Crippen molar-refractivity contribution in [2.45, 2.75) is 25.7 Å². The minimum atomic E-state index is -4.82. The lowest BCUT2D eigenvalue weighted by Gasteiger charge is -2.20. The number of ether oxygens (including phenoxy) is 2. The Bertz CT molecular complexity index is 994. The molecule has 3 heterocycles. The molecular weight excluding hydrogens is 441 g/mol. The van der Waals surface area contributed by atoms with E-state index in [1.165, 1.54) is 29.9 Å². The summed E-state index contributed by atoms with van der Waals surface area (Å²) in [5.74, 6) is -0.367. The molecule has 0 spiro atoms. The highest BCUT2D eigenvalue weighted by Crippen LogP contribution is 2.29. The number of benzene rings is 1. The van der Waals surface area contributed by atoms with Crippen molar-refractivity contribution >= 4 is 17.6 Å². The molecule has 33 heavy (non-hydrogen) atoms. The Hall–Kier alpha value is -3.34. The van der Waals surface area contributed by atoms with E-state index in [-0.39, 0.29) is 18.8 Å². The van der Waals surface area contributed by atoms with Crippen molar-refractivity contribution in [1.82, 2.24) is 14.8 Å². The van der Waals surface area contributed by atoms with Gasteiger partial charge in [0.1, 0.15) is 24.7 Å². The average Bonchev–Trinajstić information content (AvgIpc) is 3.37. The number of anilines is 1. The first-order chi connectivity index (χ1) is 15.8. The predicted molar refractivity (Wildman–Crippen MR) is 112 cm³/mol. The van der Waals surface area contributed by atoms with Crippen LogP contribution in [0.1, 0.15) is 18.4 Å². The lowest BCUT2D eigenvalue weighted by atomic mass is 10.2. The van der Waals surface area contributed by atoms with Gasteiger partial charge in [-0.25, -0.2) is 9.69 Å². The molecule has 2 aromatic rings. The van der Waals surface area contributed by atoms with E-state index in [4.69, 9.17) is 4.74 Å². The molecule has 11 heteroatoms. The summed E-state index contributed by atoms with van der Waals surface area (Å²) in [6, 6.07) is 5.75. The molecule has 0 atom stereocenters. The van der Waals surface area contributed by atoms with Gasteiger partial charge in [-0.05, 0) is 56.3 Å². The van der Waals surface area contributed by atoms with E-state index >= 15 is 0 Å². The van der Waals surface area contributed by atoms with E-state index in [1.54, 1.807) is 18.5 Å². The lowest BCUT2D eigenvalue weighted by Crippen LogP contribution is -2.33. The molecule has 2 saturated heterocycles. The molecule has 1 aromatic carbocycles. The Kier molecular flexibility index (Phi) is 6.68. The molecule has 176 valence electrons. The van der Waals surface area contributed by atoms with Gasteiger partial charge in [0, 0.05) is 18.3 Å². The number of nitrogens with zero attached hydrogens (tertiary/aromatic N) is 4. The molecular formula is C22H23F3N4O4. The van der Waals surface area contributed by atoms with Gasteiger partial charge in [0.05, 0.1) is 18.4 Å². The van der Waals surface area contributed by atoms with Gasteiger partial charge in [-0.3, -0.25) is 14.7 Å². The first kappa shape index (κ1) is 22.8. The van der Waals surface area contributed by atoms with Crippen LogP contribution in [0.2, 0.25) is 0 Å². The zero-order chi connectivity index (χ0) is 23.4. The molecule has 2 fully saturated rings. The summed E-state index contributed by atoms with van der Waals surface area (Å²) < 4.78 is 46.8. The number of rotatable bonds is 8. The maximum atomic E-state index is 12.9. The van der Waals surface area contributed by atoms with Crippen LogP contribution in [0, 0.1) is 0 Å². The normalized spacial score (nSPS) is 17.2. The van der Waals surface area contributed by atoms with Gasteiger partial charge in [0.15, 0.2) is 0 Å². The number of amides is 3. The van der Waals surface area contributed by atoms with E-state index in [2.05, 4.69) is 14.6 Å². The highest BCUT2D eigenvalue weighted by atomic mass is 19.4. The van der Waals surface area contributed by atoms with E-state index in [9.17, 15) is 22.8 Å². The van der Waals surface area contributed by atoms with Crippen molar-refractivity contribution in [3.8, 4) is 11.5 Å². The van der Waals surface area contributed by atoms with Crippen molar-refractivity contribution in [3.63, 3.8) is 0 Å². The minimum absolute atomic E-state index is 0.137. The molecule has 3 amide bonds. The van der Waals surface area contributed by atoms with Gasteiger partial charge in [0.2, 0.25) is 0 Å². The molecule has 1 aromatic heterocycles. The number of hydrogen-bond donors (Lipinski definition) is 0. The number of halogens is 3. The summed E-state index contributed by atoms with van der Waals surface area (Å²) in [6.07, 6.45) is 0.729. The van der Waals surface area contributed by atoms with Gasteiger partial charge in [0.25, 0.3) is 5.91 Å². The number of aromatic nitrogens is 1. The SMILES string of the molecule is O=C1CN(Cc2ccncc2OCCN2CCCC2)C(=O)N1c1ccc(OC(F)(F)F)cc1. The van der Waals surface area contributed by atoms with Gasteiger partial charge < -0.3 is 14.4 Å². The van der Waals surface area contributed by atoms with Crippen LogP contribution in [0.5, 0.6) is 11.5 Å². The fourth-order valence-electron chi connectivity index (χ4n) is 3.89. The monoisotopic (exact) mass is 464 g/mol. The molecule has 0 radical (unpaired) electrons. The summed E-state index contributed by atoms with van der Waals surface area (Å²) >= 11 is 0. The van der Waals surface area contributed by atoms with Crippen molar-refractivity contribution in [2.75, 3.05) is 37.7 Å². The van der Waals surface area contributed by atoms with Crippen LogP contribution in [0.3, 0.4) is 0 Å². The van der Waals surface area contributed by atoms with Crippen LogP contribution in [0.4, 0.5) is 23.7 Å². The van der Waals surface area contributed by atoms with E-state index < -0.39 is 24.1 Å². The molecule has 8 nitrogen and oxygen atoms in total. The van der Waals surface area contributed by atoms with Crippen LogP contribution in [0.15, 0.2) is 42.7 Å². The third-order valence-electron chi connectivity index (χ3n) is 5.46. The molecule has 4 rings (SSSR count). The van der Waals surface area contributed by atoms with Gasteiger partial charge in [-0.2, -0.15) is 0 Å². The Morgan fingerprint density at radius 2 is 1.76 bits per heavy atom. The zero-order valence-electron chi connectivity index (χ0n) is 17.8. The highest BCUT2D eigenvalue weighted by molar-refractivity contribution is 6.19. The summed E-state index contributed by atoms with van der Waals surface area (Å²) in [4.78, 5) is 34.1. The largest absolute Gasteiger partial charge is 0.573 e. The van der Waals surface area contributed by atoms with E-state index in [0.717, 1.165) is 36.7 Å². The summed E-state index contributed by atoms with van der Waals surface area (Å²) in [6.45, 7) is 3.40. The highest BCUT2D eigenvalue weighted by Gasteiger charge is 2.38. The second-order valence-electron chi connectivity index (χ2n) is 7.79. The van der Waals surface area contributed by atoms with Crippen LogP contribution in [-0.4, -0.2) is 65.9 Å². The Labute approximate surface area is 188 Å². The molecule has 0 N–H and O–H groups in total. The number of likely N-dealkylation sites (tertiary alicyclic amines) is 1. The third-order valence-corrected chi connectivity index (χ3v) is 5.46. The maximum Gasteiger partial charge on any atom is 0.573 e. The molecule has 0 unspecified atom stereocenters. The number of carbonyl (C=O) groups excluding carboxylic acids is 2. The molecule has 2 aliphatic heterocycles. The molecule has 0 bridgehead atoms. The second-order valence-corrected chi connectivity index (χ2v) is 7.79.